The predicted octanol–water partition coefficient (Wildman–Crippen LogP) is 2.86. The van der Waals surface area contributed by atoms with Crippen LogP contribution in [0.4, 0.5) is 0 Å². The van der Waals surface area contributed by atoms with Gasteiger partial charge in [-0.1, -0.05) is 28.1 Å². The minimum Gasteiger partial charge on any atom is -0.342 e. The average molecular weight is 325 g/mol. The molecule has 0 unspecified atom stereocenters. The molecule has 1 aliphatic rings. The Hall–Kier alpha value is -0.870. The van der Waals surface area contributed by atoms with Crippen molar-refractivity contribution in [2.75, 3.05) is 19.6 Å². The molecule has 19 heavy (non-hydrogen) atoms. The van der Waals surface area contributed by atoms with Crippen molar-refractivity contribution in [2.24, 2.45) is 0 Å². The van der Waals surface area contributed by atoms with Gasteiger partial charge in [0, 0.05) is 24.1 Å². The van der Waals surface area contributed by atoms with Gasteiger partial charge in [-0.2, -0.15) is 0 Å². The number of hydrogen-bond acceptors (Lipinski definition) is 2. The van der Waals surface area contributed by atoms with Crippen LogP contribution in [0.5, 0.6) is 0 Å². The molecule has 1 fully saturated rings. The Kier molecular flexibility index (Phi) is 5.40. The van der Waals surface area contributed by atoms with Crippen molar-refractivity contribution in [3.05, 3.63) is 33.8 Å². The number of halogens is 1. The van der Waals surface area contributed by atoms with Gasteiger partial charge in [0.25, 0.3) is 0 Å². The van der Waals surface area contributed by atoms with Crippen LogP contribution in [0.3, 0.4) is 0 Å². The van der Waals surface area contributed by atoms with Crippen molar-refractivity contribution in [1.82, 2.24) is 10.2 Å². The van der Waals surface area contributed by atoms with Crippen LogP contribution < -0.4 is 5.32 Å². The summed E-state index contributed by atoms with van der Waals surface area (Å²) in [5.41, 5.74) is 2.44. The van der Waals surface area contributed by atoms with Gasteiger partial charge in [-0.15, -0.1) is 0 Å². The second-order valence-electron chi connectivity index (χ2n) is 5.13. The Morgan fingerprint density at radius 3 is 2.74 bits per heavy atom. The number of likely N-dealkylation sites (tertiary alicyclic amines) is 1. The standard InChI is InChI=1S/C15H21BrN2O/c1-12-9-13(5-6-14(12)16)10-17-11-15(19)18-7-3-2-4-8-18/h5-6,9,17H,2-4,7-8,10-11H2,1H3. The third-order valence-electron chi connectivity index (χ3n) is 3.54. The van der Waals surface area contributed by atoms with Crippen molar-refractivity contribution in [2.45, 2.75) is 32.7 Å². The van der Waals surface area contributed by atoms with E-state index in [9.17, 15) is 4.79 Å². The highest BCUT2D eigenvalue weighted by Crippen LogP contribution is 2.16. The molecule has 1 N–H and O–H groups in total. The average Bonchev–Trinajstić information content (AvgIpc) is 2.43. The zero-order valence-corrected chi connectivity index (χ0v) is 13.0. The maximum Gasteiger partial charge on any atom is 0.236 e. The van der Waals surface area contributed by atoms with Crippen LogP contribution in [-0.4, -0.2) is 30.4 Å². The number of rotatable bonds is 4. The van der Waals surface area contributed by atoms with Gasteiger partial charge in [-0.05, 0) is 43.4 Å². The fourth-order valence-electron chi connectivity index (χ4n) is 2.39. The Morgan fingerprint density at radius 1 is 1.32 bits per heavy atom. The Morgan fingerprint density at radius 2 is 2.05 bits per heavy atom. The molecular weight excluding hydrogens is 304 g/mol. The Labute approximate surface area is 123 Å². The number of piperidine rings is 1. The van der Waals surface area contributed by atoms with Gasteiger partial charge in [0.15, 0.2) is 0 Å². The van der Waals surface area contributed by atoms with E-state index < -0.39 is 0 Å². The molecule has 3 nitrogen and oxygen atoms in total. The third-order valence-corrected chi connectivity index (χ3v) is 4.43. The molecule has 1 aromatic rings. The smallest absolute Gasteiger partial charge is 0.236 e. The summed E-state index contributed by atoms with van der Waals surface area (Å²) >= 11 is 3.49. The lowest BCUT2D eigenvalue weighted by Crippen LogP contribution is -2.40. The molecule has 1 aliphatic heterocycles. The number of benzene rings is 1. The lowest BCUT2D eigenvalue weighted by molar-refractivity contribution is -0.131. The maximum atomic E-state index is 12.0. The molecule has 1 saturated heterocycles. The monoisotopic (exact) mass is 324 g/mol. The quantitative estimate of drug-likeness (QED) is 0.923. The molecule has 1 amide bonds. The summed E-state index contributed by atoms with van der Waals surface area (Å²) in [7, 11) is 0. The van der Waals surface area contributed by atoms with Crippen molar-refractivity contribution in [1.29, 1.82) is 0 Å². The SMILES string of the molecule is Cc1cc(CNCC(=O)N2CCCCC2)ccc1Br. The third kappa shape index (κ3) is 4.32. The molecule has 0 bridgehead atoms. The van der Waals surface area contributed by atoms with Gasteiger partial charge in [0.2, 0.25) is 5.91 Å². The van der Waals surface area contributed by atoms with E-state index in [1.807, 2.05) is 4.90 Å². The molecule has 0 spiro atoms. The fourth-order valence-corrected chi connectivity index (χ4v) is 2.63. The van der Waals surface area contributed by atoms with Crippen LogP contribution >= 0.6 is 15.9 Å². The van der Waals surface area contributed by atoms with Crippen LogP contribution in [-0.2, 0) is 11.3 Å². The molecule has 0 saturated carbocycles. The first kappa shape index (κ1) is 14.5. The van der Waals surface area contributed by atoms with Gasteiger partial charge in [-0.3, -0.25) is 4.79 Å². The van der Waals surface area contributed by atoms with E-state index in [-0.39, 0.29) is 5.91 Å². The fraction of sp³-hybridized carbons (Fsp3) is 0.533. The molecule has 2 rings (SSSR count). The van der Waals surface area contributed by atoms with Crippen LogP contribution in [0.2, 0.25) is 0 Å². The molecular formula is C15H21BrN2O. The summed E-state index contributed by atoms with van der Waals surface area (Å²) in [5, 5.41) is 3.24. The number of amides is 1. The summed E-state index contributed by atoms with van der Waals surface area (Å²) in [6, 6.07) is 6.27. The number of carbonyl (C=O) groups excluding carboxylic acids is 1. The minimum atomic E-state index is 0.230. The van der Waals surface area contributed by atoms with Crippen LogP contribution in [0, 0.1) is 6.92 Å². The first-order valence-corrected chi connectivity index (χ1v) is 7.69. The molecule has 0 atom stereocenters. The largest absolute Gasteiger partial charge is 0.342 e. The highest BCUT2D eigenvalue weighted by molar-refractivity contribution is 9.10. The lowest BCUT2D eigenvalue weighted by atomic mass is 10.1. The molecule has 1 aromatic carbocycles. The predicted molar refractivity (Wildman–Crippen MR) is 81.0 cm³/mol. The molecule has 1 heterocycles. The summed E-state index contributed by atoms with van der Waals surface area (Å²) in [6.07, 6.45) is 3.56. The lowest BCUT2D eigenvalue weighted by Gasteiger charge is -2.26. The van der Waals surface area contributed by atoms with E-state index in [0.29, 0.717) is 6.54 Å². The summed E-state index contributed by atoms with van der Waals surface area (Å²) in [5.74, 6) is 0.230. The van der Waals surface area contributed by atoms with E-state index in [1.54, 1.807) is 0 Å². The van der Waals surface area contributed by atoms with E-state index >= 15 is 0 Å². The number of nitrogens with zero attached hydrogens (tertiary/aromatic N) is 1. The topological polar surface area (TPSA) is 32.3 Å². The molecule has 104 valence electrons. The summed E-state index contributed by atoms with van der Waals surface area (Å²) in [4.78, 5) is 13.9. The van der Waals surface area contributed by atoms with Crippen LogP contribution in [0.25, 0.3) is 0 Å². The second kappa shape index (κ2) is 7.06. The van der Waals surface area contributed by atoms with Gasteiger partial charge in [0.05, 0.1) is 6.54 Å². The van der Waals surface area contributed by atoms with Gasteiger partial charge in [0.1, 0.15) is 0 Å². The first-order valence-electron chi connectivity index (χ1n) is 6.90. The van der Waals surface area contributed by atoms with E-state index in [4.69, 9.17) is 0 Å². The van der Waals surface area contributed by atoms with Crippen molar-refractivity contribution in [3.8, 4) is 0 Å². The van der Waals surface area contributed by atoms with Crippen LogP contribution in [0.15, 0.2) is 22.7 Å². The van der Waals surface area contributed by atoms with E-state index in [1.165, 1.54) is 17.5 Å². The highest BCUT2D eigenvalue weighted by atomic mass is 79.9. The van der Waals surface area contributed by atoms with Crippen molar-refractivity contribution >= 4 is 21.8 Å². The number of carbonyl (C=O) groups is 1. The van der Waals surface area contributed by atoms with Crippen LogP contribution in [0.1, 0.15) is 30.4 Å². The van der Waals surface area contributed by atoms with Gasteiger partial charge >= 0.3 is 0 Å². The zero-order chi connectivity index (χ0) is 13.7. The number of aryl methyl sites for hydroxylation is 1. The van der Waals surface area contributed by atoms with Crippen molar-refractivity contribution < 1.29 is 4.79 Å². The van der Waals surface area contributed by atoms with Gasteiger partial charge in [-0.25, -0.2) is 0 Å². The minimum absolute atomic E-state index is 0.230. The zero-order valence-electron chi connectivity index (χ0n) is 11.4. The summed E-state index contributed by atoms with van der Waals surface area (Å²) in [6.45, 7) is 5.12. The molecule has 4 heteroatoms. The van der Waals surface area contributed by atoms with E-state index in [0.717, 1.165) is 36.9 Å². The molecule has 0 aromatic heterocycles. The molecule has 0 radical (unpaired) electrons. The number of hydrogen-bond donors (Lipinski definition) is 1. The van der Waals surface area contributed by atoms with Gasteiger partial charge < -0.3 is 10.2 Å². The van der Waals surface area contributed by atoms with E-state index in [2.05, 4.69) is 46.4 Å². The summed E-state index contributed by atoms with van der Waals surface area (Å²) < 4.78 is 1.13. The second-order valence-corrected chi connectivity index (χ2v) is 5.98. The normalized spacial score (nSPS) is 15.6. The Balaban J connectivity index is 1.76. The Bertz CT molecular complexity index is 442. The number of nitrogens with one attached hydrogen (secondary N) is 1. The first-order chi connectivity index (χ1) is 9.16. The molecule has 0 aliphatic carbocycles. The van der Waals surface area contributed by atoms with Crippen molar-refractivity contribution in [3.63, 3.8) is 0 Å². The highest BCUT2D eigenvalue weighted by Gasteiger charge is 2.15. The maximum absolute atomic E-state index is 12.0.